The van der Waals surface area contributed by atoms with Gasteiger partial charge in [-0.3, -0.25) is 0 Å². The second-order valence-electron chi connectivity index (χ2n) is 25.1. The number of furan rings is 1. The molecule has 1 spiro atoms. The van der Waals surface area contributed by atoms with Crippen molar-refractivity contribution >= 4 is 110 Å². The number of rotatable bonds is 8. The first-order chi connectivity index (χ1) is 45.3. The molecular formula is C86H56N2O2S2. The van der Waals surface area contributed by atoms with Gasteiger partial charge in [-0.25, -0.2) is 0 Å². The van der Waals surface area contributed by atoms with Crippen LogP contribution in [0.1, 0.15) is 47.2 Å². The third-order valence-electron chi connectivity index (χ3n) is 19.7. The van der Waals surface area contributed by atoms with Crippen molar-refractivity contribution < 1.29 is 9.15 Å². The third-order valence-corrected chi connectivity index (χ3v) is 22.0. The molecule has 14 aromatic carbocycles. The summed E-state index contributed by atoms with van der Waals surface area (Å²) in [6.45, 7) is 4.76. The average Bonchev–Trinajstić information content (AvgIpc) is 1.50. The molecule has 16 aromatic rings. The molecule has 2 aromatic heterocycles. The molecule has 6 heteroatoms. The van der Waals surface area contributed by atoms with Gasteiger partial charge in [-0.15, -0.1) is 11.3 Å². The maximum atomic E-state index is 7.31. The van der Waals surface area contributed by atoms with Gasteiger partial charge in [-0.1, -0.05) is 220 Å². The van der Waals surface area contributed by atoms with Crippen molar-refractivity contribution in [3.05, 3.63) is 337 Å². The predicted octanol–water partition coefficient (Wildman–Crippen LogP) is 24.6. The number of hydrogen-bond acceptors (Lipinski definition) is 6. The number of hydrogen-bond donors (Lipinski definition) is 0. The maximum absolute atomic E-state index is 7.31. The minimum absolute atomic E-state index is 0.261. The van der Waals surface area contributed by atoms with E-state index in [9.17, 15) is 0 Å². The molecular weight excluding hydrogens is 1160 g/mol. The van der Waals surface area contributed by atoms with E-state index < -0.39 is 5.41 Å². The molecule has 0 fully saturated rings. The van der Waals surface area contributed by atoms with Crippen molar-refractivity contribution in [2.24, 2.45) is 0 Å². The number of benzene rings is 14. The van der Waals surface area contributed by atoms with E-state index in [1.165, 1.54) is 85.2 Å². The normalized spacial score (nSPS) is 14.8. The molecule has 92 heavy (non-hydrogen) atoms. The van der Waals surface area contributed by atoms with Gasteiger partial charge in [0, 0.05) is 103 Å². The van der Waals surface area contributed by atoms with Crippen LogP contribution < -0.4 is 14.5 Å². The number of anilines is 6. The Morgan fingerprint density at radius 2 is 0.935 bits per heavy atom. The van der Waals surface area contributed by atoms with Crippen molar-refractivity contribution in [1.29, 1.82) is 0 Å². The number of nitrogens with zero attached hydrogens (tertiary/aromatic N) is 2. The summed E-state index contributed by atoms with van der Waals surface area (Å²) in [4.78, 5) is 7.48. The van der Waals surface area contributed by atoms with Gasteiger partial charge in [0.05, 0.1) is 5.41 Å². The summed E-state index contributed by atoms with van der Waals surface area (Å²) in [5.41, 5.74) is 21.2. The molecule has 0 saturated carbocycles. The monoisotopic (exact) mass is 1210 g/mol. The molecule has 1 aliphatic carbocycles. The Hall–Kier alpha value is -10.9. The van der Waals surface area contributed by atoms with E-state index >= 15 is 0 Å². The van der Waals surface area contributed by atoms with Crippen LogP contribution in [0, 0.1) is 0 Å². The minimum atomic E-state index is -0.732. The lowest BCUT2D eigenvalue weighted by molar-refractivity contribution is 0.436. The van der Waals surface area contributed by atoms with Gasteiger partial charge in [-0.2, -0.15) is 0 Å². The zero-order valence-electron chi connectivity index (χ0n) is 50.4. The molecule has 1 atom stereocenters. The van der Waals surface area contributed by atoms with E-state index in [0.717, 1.165) is 89.8 Å². The lowest BCUT2D eigenvalue weighted by Gasteiger charge is -2.40. The molecule has 1 unspecified atom stereocenters. The molecule has 4 nitrogen and oxygen atoms in total. The van der Waals surface area contributed by atoms with E-state index in [1.807, 2.05) is 23.1 Å². The summed E-state index contributed by atoms with van der Waals surface area (Å²) in [7, 11) is 0. The van der Waals surface area contributed by atoms with Gasteiger partial charge in [0.25, 0.3) is 0 Å². The van der Waals surface area contributed by atoms with E-state index in [-0.39, 0.29) is 5.41 Å². The second-order valence-corrected chi connectivity index (χ2v) is 27.2. The Morgan fingerprint density at radius 3 is 1.80 bits per heavy atom. The summed E-state index contributed by atoms with van der Waals surface area (Å²) in [6, 6.07) is 112. The van der Waals surface area contributed by atoms with Gasteiger partial charge in [-0.05, 0) is 164 Å². The molecule has 0 N–H and O–H groups in total. The summed E-state index contributed by atoms with van der Waals surface area (Å²) < 4.78 is 16.8. The van der Waals surface area contributed by atoms with Crippen LogP contribution in [-0.2, 0) is 10.8 Å². The average molecular weight is 1210 g/mol. The van der Waals surface area contributed by atoms with Crippen molar-refractivity contribution in [2.75, 3.05) is 9.80 Å². The summed E-state index contributed by atoms with van der Waals surface area (Å²) >= 11 is 3.72. The first-order valence-electron chi connectivity index (χ1n) is 31.5. The zero-order valence-corrected chi connectivity index (χ0v) is 52.0. The molecule has 4 heterocycles. The van der Waals surface area contributed by atoms with Crippen LogP contribution in [-0.4, -0.2) is 0 Å². The van der Waals surface area contributed by atoms with Gasteiger partial charge < -0.3 is 19.0 Å². The predicted molar refractivity (Wildman–Crippen MR) is 384 cm³/mol. The van der Waals surface area contributed by atoms with E-state index in [0.29, 0.717) is 0 Å². The summed E-state index contributed by atoms with van der Waals surface area (Å²) in [5.74, 6) is 1.66. The molecule has 0 bridgehead atoms. The van der Waals surface area contributed by atoms with E-state index in [2.05, 4.69) is 327 Å². The van der Waals surface area contributed by atoms with Crippen molar-refractivity contribution in [3.63, 3.8) is 0 Å². The van der Waals surface area contributed by atoms with Crippen LogP contribution >= 0.6 is 23.1 Å². The fourth-order valence-electron chi connectivity index (χ4n) is 15.5. The molecule has 0 saturated heterocycles. The van der Waals surface area contributed by atoms with Crippen LogP contribution in [0.5, 0.6) is 11.5 Å². The highest BCUT2D eigenvalue weighted by atomic mass is 32.2. The lowest BCUT2D eigenvalue weighted by Crippen LogP contribution is -2.32. The smallest absolute Gasteiger partial charge is 0.143 e. The Morgan fingerprint density at radius 1 is 0.326 bits per heavy atom. The molecule has 434 valence electrons. The molecule has 19 rings (SSSR count). The molecule has 2 aliphatic heterocycles. The first kappa shape index (κ1) is 53.0. The molecule has 3 aliphatic rings. The Labute approximate surface area is 541 Å². The molecule has 0 amide bonds. The highest BCUT2D eigenvalue weighted by Gasteiger charge is 2.51. The van der Waals surface area contributed by atoms with Gasteiger partial charge >= 0.3 is 0 Å². The van der Waals surface area contributed by atoms with Crippen molar-refractivity contribution in [1.82, 2.24) is 0 Å². The first-order valence-corrected chi connectivity index (χ1v) is 33.2. The van der Waals surface area contributed by atoms with Crippen LogP contribution in [0.15, 0.2) is 318 Å². The fourth-order valence-corrected chi connectivity index (χ4v) is 18.1. The molecule has 0 radical (unpaired) electrons. The summed E-state index contributed by atoms with van der Waals surface area (Å²) in [5, 5.41) is 7.08. The van der Waals surface area contributed by atoms with Crippen LogP contribution in [0.2, 0.25) is 0 Å². The van der Waals surface area contributed by atoms with Gasteiger partial charge in [0.15, 0.2) is 0 Å². The number of para-hydroxylation sites is 3. The lowest BCUT2D eigenvalue weighted by atomic mass is 9.66. The van der Waals surface area contributed by atoms with E-state index in [1.54, 1.807) is 0 Å². The minimum Gasteiger partial charge on any atom is -0.457 e. The number of thiophene rings is 1. The number of fused-ring (bicyclic) bond motifs is 18. The Kier molecular flexibility index (Phi) is 11.7. The van der Waals surface area contributed by atoms with Gasteiger partial charge in [0.1, 0.15) is 22.7 Å². The quantitative estimate of drug-likeness (QED) is 0.151. The van der Waals surface area contributed by atoms with Crippen molar-refractivity contribution in [3.8, 4) is 44.9 Å². The Balaban J connectivity index is 0.823. The SMILES string of the molecule is CC1(C)c2ccccc2Sc2ccc(N(c3ccc4c(c3)-c3ccccc3C43c4ccccc4Oc4cc(N(c5ccccc5)c5cc(-c6ccccc6)c6c(c5)sc5ccccc56)ccc43)c3cc(-c4ccc5ccccc5c4)c4oc5ccccc5c4c3)cc21. The maximum Gasteiger partial charge on any atom is 0.143 e. The Bertz CT molecular complexity index is 5730. The number of ether oxygens (including phenoxy) is 1. The van der Waals surface area contributed by atoms with Crippen LogP contribution in [0.25, 0.3) is 86.3 Å². The largest absolute Gasteiger partial charge is 0.457 e. The highest BCUT2D eigenvalue weighted by molar-refractivity contribution is 7.99. The van der Waals surface area contributed by atoms with Crippen LogP contribution in [0.3, 0.4) is 0 Å². The third kappa shape index (κ3) is 7.90. The summed E-state index contributed by atoms with van der Waals surface area (Å²) in [6.07, 6.45) is 0. The zero-order chi connectivity index (χ0) is 60.8. The standard InChI is InChI=1S/C86H56N2O2S2/c1-85(2)74-32-16-20-36-80(74)92-81-44-41-59(50-75(81)85)88(61-48-67(56-38-37-53-21-9-10-24-55(53)45-56)84-69(49-61)64-28-12-17-33-76(64)90-84)58-39-42-71-68(46-58)63-27-11-14-30-70(63)86(71)72-31-15-18-34-77(72)89-78-51-60(40-43-73(78)86)87(57-25-7-4-8-26-57)62-47-66(54-22-5-3-6-23-54)83-65-29-13-19-35-79(65)91-82(83)52-62/h3-52H,1-2H3. The second kappa shape index (κ2) is 20.3. The topological polar surface area (TPSA) is 28.9 Å². The fraction of sp³-hybridized carbons (Fsp3) is 0.0465. The van der Waals surface area contributed by atoms with Gasteiger partial charge in [0.2, 0.25) is 0 Å². The van der Waals surface area contributed by atoms with E-state index in [4.69, 9.17) is 9.15 Å². The van der Waals surface area contributed by atoms with Crippen LogP contribution in [0.4, 0.5) is 34.1 Å². The van der Waals surface area contributed by atoms with Crippen molar-refractivity contribution in [2.45, 2.75) is 34.5 Å². The highest BCUT2D eigenvalue weighted by Crippen LogP contribution is 2.64.